The lowest BCUT2D eigenvalue weighted by Crippen LogP contribution is -2.37. The fourth-order valence-electron chi connectivity index (χ4n) is 3.11. The van der Waals surface area contributed by atoms with Crippen molar-refractivity contribution in [1.29, 1.82) is 0 Å². The van der Waals surface area contributed by atoms with Crippen LogP contribution in [-0.4, -0.2) is 22.6 Å². The molecule has 6 nitrogen and oxygen atoms in total. The average Bonchev–Trinajstić information content (AvgIpc) is 2.99. The van der Waals surface area contributed by atoms with Gasteiger partial charge in [0.15, 0.2) is 5.76 Å². The second-order valence-electron chi connectivity index (χ2n) is 7.77. The Hall–Kier alpha value is -2.15. The minimum absolute atomic E-state index is 0.201. The second-order valence-corrected chi connectivity index (χ2v) is 8.99. The molecular formula is C19H24N2O4S. The maximum atomic E-state index is 12.9. The van der Waals surface area contributed by atoms with E-state index in [-0.39, 0.29) is 11.9 Å². The van der Waals surface area contributed by atoms with Gasteiger partial charge in [-0.3, -0.25) is 9.59 Å². The van der Waals surface area contributed by atoms with Crippen LogP contribution in [0.4, 0.5) is 0 Å². The molecule has 0 saturated carbocycles. The van der Waals surface area contributed by atoms with Crippen molar-refractivity contribution in [3.63, 3.8) is 0 Å². The molecule has 2 aromatic heterocycles. The fourth-order valence-corrected chi connectivity index (χ4v) is 4.37. The summed E-state index contributed by atoms with van der Waals surface area (Å²) in [4.78, 5) is 27.4. The summed E-state index contributed by atoms with van der Waals surface area (Å²) in [5.74, 6) is -0.692. The van der Waals surface area contributed by atoms with Crippen LogP contribution < -0.4 is 5.32 Å². The highest BCUT2D eigenvalue weighted by molar-refractivity contribution is 7.16. The van der Waals surface area contributed by atoms with E-state index in [2.05, 4.69) is 10.5 Å². The number of aryl methyl sites for hydroxylation is 2. The number of fused-ring (bicyclic) bond motifs is 3. The standard InChI is InChI=1S/C19H24N2O4S/c1-8-11(4)26-16-12(8)17(22)20-14(15-13(16)10(3)21-25-15)9(2)18(23)24-19(5,6)7/h9,14H,1-7H3,(H,20,22)/t9-,14+/m1/s1. The second kappa shape index (κ2) is 6.23. The maximum Gasteiger partial charge on any atom is 0.311 e. The molecule has 0 saturated heterocycles. The van der Waals surface area contributed by atoms with Crippen LogP contribution in [-0.2, 0) is 9.53 Å². The number of ether oxygens (including phenoxy) is 1. The smallest absolute Gasteiger partial charge is 0.311 e. The molecule has 3 heterocycles. The molecule has 140 valence electrons. The lowest BCUT2D eigenvalue weighted by molar-refractivity contribution is -0.160. The van der Waals surface area contributed by atoms with Gasteiger partial charge in [0.25, 0.3) is 5.91 Å². The summed E-state index contributed by atoms with van der Waals surface area (Å²) in [7, 11) is 0. The van der Waals surface area contributed by atoms with E-state index in [0.29, 0.717) is 17.0 Å². The predicted octanol–water partition coefficient (Wildman–Crippen LogP) is 4.09. The number of hydrogen-bond donors (Lipinski definition) is 1. The van der Waals surface area contributed by atoms with E-state index in [1.165, 1.54) is 0 Å². The van der Waals surface area contributed by atoms with E-state index in [1.807, 2.05) is 41.5 Å². The van der Waals surface area contributed by atoms with E-state index in [1.54, 1.807) is 18.3 Å². The van der Waals surface area contributed by atoms with Gasteiger partial charge in [0.05, 0.1) is 27.6 Å². The highest BCUT2D eigenvalue weighted by Gasteiger charge is 2.40. The Bertz CT molecular complexity index is 888. The molecule has 26 heavy (non-hydrogen) atoms. The number of aromatic nitrogens is 1. The number of carbonyl (C=O) groups is 2. The van der Waals surface area contributed by atoms with Crippen LogP contribution in [0.1, 0.15) is 66.0 Å². The Morgan fingerprint density at radius 3 is 2.54 bits per heavy atom. The van der Waals surface area contributed by atoms with Crippen molar-refractivity contribution in [2.24, 2.45) is 5.92 Å². The fraction of sp³-hybridized carbons (Fsp3) is 0.526. The van der Waals surface area contributed by atoms with Crippen molar-refractivity contribution < 1.29 is 18.8 Å². The number of nitrogens with zero attached hydrogens (tertiary/aromatic N) is 1. The van der Waals surface area contributed by atoms with Gasteiger partial charge in [-0.1, -0.05) is 5.16 Å². The van der Waals surface area contributed by atoms with Crippen molar-refractivity contribution in [2.75, 3.05) is 0 Å². The van der Waals surface area contributed by atoms with Crippen LogP contribution in [0.25, 0.3) is 10.4 Å². The largest absolute Gasteiger partial charge is 0.460 e. The molecule has 0 bridgehead atoms. The van der Waals surface area contributed by atoms with E-state index >= 15 is 0 Å². The summed E-state index contributed by atoms with van der Waals surface area (Å²) in [6.45, 7) is 13.0. The van der Waals surface area contributed by atoms with Gasteiger partial charge >= 0.3 is 5.97 Å². The molecule has 0 aromatic carbocycles. The van der Waals surface area contributed by atoms with Crippen LogP contribution >= 0.6 is 11.3 Å². The minimum atomic E-state index is -0.632. The van der Waals surface area contributed by atoms with E-state index in [0.717, 1.165) is 20.9 Å². The summed E-state index contributed by atoms with van der Waals surface area (Å²) in [5.41, 5.74) is 2.49. The number of carbonyl (C=O) groups excluding carboxylic acids is 2. The third-order valence-corrected chi connectivity index (χ3v) is 5.80. The molecule has 0 radical (unpaired) electrons. The number of nitrogens with one attached hydrogen (secondary N) is 1. The maximum absolute atomic E-state index is 12.9. The molecule has 0 fully saturated rings. The van der Waals surface area contributed by atoms with Gasteiger partial charge in [-0.15, -0.1) is 11.3 Å². The lowest BCUT2D eigenvalue weighted by atomic mass is 9.96. The van der Waals surface area contributed by atoms with Crippen LogP contribution in [0, 0.1) is 26.7 Å². The number of esters is 1. The molecule has 1 aliphatic rings. The molecule has 2 atom stereocenters. The molecule has 2 aromatic rings. The first-order valence-electron chi connectivity index (χ1n) is 8.61. The van der Waals surface area contributed by atoms with Crippen LogP contribution in [0.2, 0.25) is 0 Å². The topological polar surface area (TPSA) is 81.4 Å². The molecule has 0 spiro atoms. The number of hydrogen-bond acceptors (Lipinski definition) is 6. The van der Waals surface area contributed by atoms with E-state index in [4.69, 9.17) is 9.26 Å². The normalized spacial score (nSPS) is 17.8. The molecular weight excluding hydrogens is 352 g/mol. The summed E-state index contributed by atoms with van der Waals surface area (Å²) in [6.07, 6.45) is 0. The van der Waals surface area contributed by atoms with Crippen LogP contribution in [0.15, 0.2) is 4.52 Å². The average molecular weight is 376 g/mol. The van der Waals surface area contributed by atoms with Gasteiger partial charge < -0.3 is 14.6 Å². The zero-order valence-electron chi connectivity index (χ0n) is 16.1. The molecule has 3 rings (SSSR count). The van der Waals surface area contributed by atoms with Gasteiger partial charge in [-0.2, -0.15) is 0 Å². The Balaban J connectivity index is 2.09. The summed E-state index contributed by atoms with van der Waals surface area (Å²) >= 11 is 1.55. The first-order valence-corrected chi connectivity index (χ1v) is 9.43. The highest BCUT2D eigenvalue weighted by Crippen LogP contribution is 2.44. The van der Waals surface area contributed by atoms with Crippen molar-refractivity contribution >= 4 is 23.2 Å². The number of amides is 1. The van der Waals surface area contributed by atoms with Gasteiger partial charge in [0, 0.05) is 4.88 Å². The van der Waals surface area contributed by atoms with Gasteiger partial charge in [0.1, 0.15) is 11.6 Å². The third kappa shape index (κ3) is 3.05. The van der Waals surface area contributed by atoms with E-state index in [9.17, 15) is 9.59 Å². The van der Waals surface area contributed by atoms with Gasteiger partial charge in [-0.05, 0) is 54.0 Å². The molecule has 1 N–H and O–H groups in total. The van der Waals surface area contributed by atoms with Crippen LogP contribution in [0.3, 0.4) is 0 Å². The third-order valence-electron chi connectivity index (χ3n) is 4.58. The Morgan fingerprint density at radius 1 is 1.27 bits per heavy atom. The van der Waals surface area contributed by atoms with Crippen molar-refractivity contribution in [1.82, 2.24) is 10.5 Å². The van der Waals surface area contributed by atoms with Gasteiger partial charge in [-0.25, -0.2) is 0 Å². The molecule has 1 aliphatic heterocycles. The Morgan fingerprint density at radius 2 is 1.92 bits per heavy atom. The van der Waals surface area contributed by atoms with Gasteiger partial charge in [0.2, 0.25) is 0 Å². The lowest BCUT2D eigenvalue weighted by Gasteiger charge is -2.26. The zero-order chi connectivity index (χ0) is 19.4. The van der Waals surface area contributed by atoms with Crippen molar-refractivity contribution in [2.45, 2.75) is 60.1 Å². The summed E-state index contributed by atoms with van der Waals surface area (Å²) in [6, 6.07) is -0.632. The highest BCUT2D eigenvalue weighted by atomic mass is 32.1. The zero-order valence-corrected chi connectivity index (χ0v) is 17.0. The SMILES string of the molecule is Cc1noc2c1-c1sc(C)c(C)c1C(=O)N[C@H]2[C@@H](C)C(=O)OC(C)(C)C. The summed E-state index contributed by atoms with van der Waals surface area (Å²) < 4.78 is 11.1. The summed E-state index contributed by atoms with van der Waals surface area (Å²) in [5, 5.41) is 7.06. The van der Waals surface area contributed by atoms with Crippen LogP contribution in [0.5, 0.6) is 0 Å². The Kier molecular flexibility index (Phi) is 4.46. The first kappa shape index (κ1) is 18.6. The molecule has 0 unspecified atom stereocenters. The predicted molar refractivity (Wildman–Crippen MR) is 99.2 cm³/mol. The number of thiophene rings is 1. The molecule has 0 aliphatic carbocycles. The van der Waals surface area contributed by atoms with E-state index < -0.39 is 17.6 Å². The quantitative estimate of drug-likeness (QED) is 0.798. The van der Waals surface area contributed by atoms with Crippen molar-refractivity contribution in [3.05, 3.63) is 27.5 Å². The number of rotatable bonds is 2. The minimum Gasteiger partial charge on any atom is -0.460 e. The monoisotopic (exact) mass is 376 g/mol. The molecule has 7 heteroatoms. The Labute approximate surface area is 156 Å². The first-order chi connectivity index (χ1) is 12.0. The molecule has 1 amide bonds. The van der Waals surface area contributed by atoms with Crippen molar-refractivity contribution in [3.8, 4) is 10.4 Å².